The molecule has 0 fully saturated rings. The first-order valence-corrected chi connectivity index (χ1v) is 6.49. The Balaban J connectivity index is 1.93. The number of anilines is 2. The van der Waals surface area contributed by atoms with Crippen molar-refractivity contribution in [2.24, 2.45) is 0 Å². The molecular weight excluding hydrogens is 310 g/mol. The summed E-state index contributed by atoms with van der Waals surface area (Å²) in [6, 6.07) is 9.03. The van der Waals surface area contributed by atoms with Gasteiger partial charge in [-0.15, -0.1) is 0 Å². The number of hydrogen-bond acceptors (Lipinski definition) is 5. The molecule has 1 aliphatic rings. The number of nitrogens with zero attached hydrogens (tertiary/aromatic N) is 1. The normalized spacial score (nSPS) is 20.4. The van der Waals surface area contributed by atoms with Crippen LogP contribution in [0, 0.1) is 0 Å². The molecule has 5 nitrogen and oxygen atoms in total. The van der Waals surface area contributed by atoms with Crippen LogP contribution in [0.2, 0.25) is 0 Å². The van der Waals surface area contributed by atoms with Gasteiger partial charge in [-0.1, -0.05) is 0 Å². The molecule has 0 bridgehead atoms. The monoisotopic (exact) mass is 321 g/mol. The maximum Gasteiger partial charge on any atom is 0.243 e. The summed E-state index contributed by atoms with van der Waals surface area (Å²) in [5.74, 6) is -0.00665. The lowest BCUT2D eigenvalue weighted by atomic mass is 10.1. The highest BCUT2D eigenvalue weighted by atomic mass is 79.9. The SMILES string of the molecule is COc1ccc([C@@]2(O)Nc3cc(Br)cnc3N2)cc1. The van der Waals surface area contributed by atoms with Gasteiger partial charge in [-0.05, 0) is 46.3 Å². The fourth-order valence-electron chi connectivity index (χ4n) is 2.01. The quantitative estimate of drug-likeness (QED) is 0.793. The third-order valence-corrected chi connectivity index (χ3v) is 3.41. The molecular formula is C13H12BrN3O2. The van der Waals surface area contributed by atoms with Gasteiger partial charge < -0.3 is 20.5 Å². The van der Waals surface area contributed by atoms with E-state index in [0.29, 0.717) is 11.4 Å². The first-order chi connectivity index (χ1) is 9.10. The van der Waals surface area contributed by atoms with Crippen molar-refractivity contribution in [1.82, 2.24) is 4.98 Å². The van der Waals surface area contributed by atoms with E-state index in [1.807, 2.05) is 6.07 Å². The van der Waals surface area contributed by atoms with Crippen LogP contribution in [0.25, 0.3) is 0 Å². The average Bonchev–Trinajstić information content (AvgIpc) is 2.75. The van der Waals surface area contributed by atoms with Crippen molar-refractivity contribution in [1.29, 1.82) is 0 Å². The highest BCUT2D eigenvalue weighted by molar-refractivity contribution is 9.10. The molecule has 1 aromatic heterocycles. The van der Waals surface area contributed by atoms with Gasteiger partial charge >= 0.3 is 0 Å². The standard InChI is InChI=1S/C13H12BrN3O2/c1-19-10-4-2-8(3-5-10)13(18)16-11-6-9(14)7-15-12(11)17-13/h2-7,16,18H,1H3,(H,15,17)/t13-/m1/s1. The maximum atomic E-state index is 10.6. The van der Waals surface area contributed by atoms with Gasteiger partial charge in [-0.3, -0.25) is 0 Å². The third kappa shape index (κ3) is 2.13. The molecule has 19 heavy (non-hydrogen) atoms. The highest BCUT2D eigenvalue weighted by Crippen LogP contribution is 2.37. The molecule has 0 saturated carbocycles. The summed E-state index contributed by atoms with van der Waals surface area (Å²) in [5.41, 5.74) is 1.43. The van der Waals surface area contributed by atoms with Gasteiger partial charge in [-0.25, -0.2) is 4.98 Å². The molecule has 0 amide bonds. The Morgan fingerprint density at radius 2 is 2.00 bits per heavy atom. The first-order valence-electron chi connectivity index (χ1n) is 5.69. The average molecular weight is 322 g/mol. The van der Waals surface area contributed by atoms with Crippen molar-refractivity contribution in [2.45, 2.75) is 5.85 Å². The summed E-state index contributed by atoms with van der Waals surface area (Å²) >= 11 is 3.35. The molecule has 2 heterocycles. The highest BCUT2D eigenvalue weighted by Gasteiger charge is 2.36. The number of methoxy groups -OCH3 is 1. The minimum absolute atomic E-state index is 0.613. The number of hydrogen-bond donors (Lipinski definition) is 3. The van der Waals surface area contributed by atoms with Gasteiger partial charge in [0.1, 0.15) is 5.75 Å². The zero-order valence-electron chi connectivity index (χ0n) is 10.1. The second-order valence-electron chi connectivity index (χ2n) is 4.24. The number of fused-ring (bicyclic) bond motifs is 1. The van der Waals surface area contributed by atoms with E-state index in [1.165, 1.54) is 0 Å². The predicted octanol–water partition coefficient (Wildman–Crippen LogP) is 2.49. The van der Waals surface area contributed by atoms with Crippen LogP contribution in [0.3, 0.4) is 0 Å². The van der Waals surface area contributed by atoms with E-state index in [-0.39, 0.29) is 0 Å². The zero-order chi connectivity index (χ0) is 13.5. The molecule has 1 aromatic carbocycles. The fraction of sp³-hybridized carbons (Fsp3) is 0.154. The van der Waals surface area contributed by atoms with E-state index in [2.05, 4.69) is 31.5 Å². The van der Waals surface area contributed by atoms with Gasteiger partial charge in [0.15, 0.2) is 5.82 Å². The Morgan fingerprint density at radius 1 is 1.26 bits per heavy atom. The second kappa shape index (κ2) is 4.40. The molecule has 0 saturated heterocycles. The molecule has 0 unspecified atom stereocenters. The van der Waals surface area contributed by atoms with Crippen molar-refractivity contribution in [3.63, 3.8) is 0 Å². The smallest absolute Gasteiger partial charge is 0.243 e. The zero-order valence-corrected chi connectivity index (χ0v) is 11.7. The van der Waals surface area contributed by atoms with E-state index in [9.17, 15) is 5.11 Å². The van der Waals surface area contributed by atoms with Crippen molar-refractivity contribution in [3.05, 3.63) is 46.6 Å². The van der Waals surface area contributed by atoms with Crippen LogP contribution in [-0.4, -0.2) is 17.2 Å². The molecule has 3 rings (SSSR count). The summed E-state index contributed by atoms with van der Waals surface area (Å²) in [6.45, 7) is 0. The number of ether oxygens (including phenoxy) is 1. The molecule has 0 spiro atoms. The number of benzene rings is 1. The summed E-state index contributed by atoms with van der Waals surface area (Å²) in [4.78, 5) is 4.21. The lowest BCUT2D eigenvalue weighted by Gasteiger charge is -2.24. The van der Waals surface area contributed by atoms with Crippen LogP contribution in [0.5, 0.6) is 5.75 Å². The summed E-state index contributed by atoms with van der Waals surface area (Å²) in [6.07, 6.45) is 1.67. The number of aromatic nitrogens is 1. The minimum atomic E-state index is -1.36. The van der Waals surface area contributed by atoms with E-state index in [1.54, 1.807) is 37.6 Å². The van der Waals surface area contributed by atoms with Gasteiger partial charge in [-0.2, -0.15) is 0 Å². The summed E-state index contributed by atoms with van der Waals surface area (Å²) < 4.78 is 5.95. The van der Waals surface area contributed by atoms with Crippen LogP contribution in [0.15, 0.2) is 41.0 Å². The van der Waals surface area contributed by atoms with E-state index < -0.39 is 5.85 Å². The number of halogens is 1. The summed E-state index contributed by atoms with van der Waals surface area (Å²) in [7, 11) is 1.60. The number of nitrogens with one attached hydrogen (secondary N) is 2. The molecule has 1 aliphatic heterocycles. The van der Waals surface area contributed by atoms with E-state index in [4.69, 9.17) is 4.74 Å². The van der Waals surface area contributed by atoms with Gasteiger partial charge in [0.05, 0.1) is 12.8 Å². The van der Waals surface area contributed by atoms with Crippen molar-refractivity contribution in [2.75, 3.05) is 17.7 Å². The Morgan fingerprint density at radius 3 is 2.68 bits per heavy atom. The second-order valence-corrected chi connectivity index (χ2v) is 5.15. The van der Waals surface area contributed by atoms with Gasteiger partial charge in [0.25, 0.3) is 0 Å². The number of aliphatic hydroxyl groups is 1. The topological polar surface area (TPSA) is 66.4 Å². The molecule has 2 aromatic rings. The Bertz CT molecular complexity index is 618. The largest absolute Gasteiger partial charge is 0.497 e. The lowest BCUT2D eigenvalue weighted by molar-refractivity contribution is 0.104. The number of pyridine rings is 1. The van der Waals surface area contributed by atoms with Crippen molar-refractivity contribution in [3.8, 4) is 5.75 Å². The molecule has 98 valence electrons. The Kier molecular flexibility index (Phi) is 2.83. The lowest BCUT2D eigenvalue weighted by Crippen LogP contribution is -2.38. The van der Waals surface area contributed by atoms with Crippen LogP contribution < -0.4 is 15.4 Å². The van der Waals surface area contributed by atoms with Crippen LogP contribution in [0.1, 0.15) is 5.56 Å². The van der Waals surface area contributed by atoms with Gasteiger partial charge in [0, 0.05) is 16.2 Å². The van der Waals surface area contributed by atoms with Crippen molar-refractivity contribution >= 4 is 27.4 Å². The van der Waals surface area contributed by atoms with Crippen LogP contribution >= 0.6 is 15.9 Å². The Labute approximate surface area is 118 Å². The Hall–Kier alpha value is -1.79. The predicted molar refractivity (Wildman–Crippen MR) is 76.1 cm³/mol. The molecule has 6 heteroatoms. The fourth-order valence-corrected chi connectivity index (χ4v) is 2.34. The molecule has 3 N–H and O–H groups in total. The summed E-state index contributed by atoms with van der Waals surface area (Å²) in [5, 5.41) is 16.6. The third-order valence-electron chi connectivity index (χ3n) is 2.98. The maximum absolute atomic E-state index is 10.6. The van der Waals surface area contributed by atoms with E-state index >= 15 is 0 Å². The van der Waals surface area contributed by atoms with Crippen LogP contribution in [-0.2, 0) is 5.85 Å². The molecule has 1 atom stereocenters. The molecule has 0 radical (unpaired) electrons. The molecule has 0 aliphatic carbocycles. The number of rotatable bonds is 2. The first kappa shape index (κ1) is 12.3. The minimum Gasteiger partial charge on any atom is -0.497 e. The van der Waals surface area contributed by atoms with Gasteiger partial charge in [0.2, 0.25) is 5.85 Å². The van der Waals surface area contributed by atoms with Crippen molar-refractivity contribution < 1.29 is 9.84 Å². The van der Waals surface area contributed by atoms with Crippen LogP contribution in [0.4, 0.5) is 11.5 Å². The van der Waals surface area contributed by atoms with E-state index in [0.717, 1.165) is 15.9 Å².